The van der Waals surface area contributed by atoms with E-state index in [1.807, 2.05) is 42.6 Å². The van der Waals surface area contributed by atoms with E-state index in [4.69, 9.17) is 9.40 Å². The SMILES string of the molecule is CCC(CC)c1ccnc(-c2[c-]ccc3c2oc2ncccc23)c1.C[Si](C)(C)c1cnc(-c2[c-]cccc2)cc1CC1CCCC1.[Ir]. The van der Waals surface area contributed by atoms with Crippen molar-refractivity contribution in [3.05, 3.63) is 109 Å². The standard InChI is InChI=1S/C21H19N2O.C20H26NSi.Ir/c1-3-14(4-2)15-10-12-22-19(13-15)18-8-5-7-16-17-9-6-11-23-21(17)24-20(16)18;1-22(2,3)20-15-21-19(17-11-5-4-6-12-17)14-18(20)13-16-9-7-8-10-16;/h5-7,9-14H,3-4H2,1-2H3;4-6,11,14-16H,7-10,13H2,1-3H3;/q2*-1;. The maximum Gasteiger partial charge on any atom is 0.216 e. The number of fused-ring (bicyclic) bond motifs is 3. The van der Waals surface area contributed by atoms with Crippen molar-refractivity contribution in [1.29, 1.82) is 0 Å². The molecule has 1 radical (unpaired) electrons. The number of pyridine rings is 3. The van der Waals surface area contributed by atoms with Crippen LogP contribution >= 0.6 is 0 Å². The Morgan fingerprint density at radius 2 is 1.64 bits per heavy atom. The minimum absolute atomic E-state index is 0. The van der Waals surface area contributed by atoms with Crippen LogP contribution in [0.4, 0.5) is 0 Å². The van der Waals surface area contributed by atoms with Gasteiger partial charge in [-0.25, -0.2) is 4.98 Å². The molecule has 1 aliphatic carbocycles. The summed E-state index contributed by atoms with van der Waals surface area (Å²) in [6, 6.07) is 29.3. The fraction of sp³-hybridized carbons (Fsp3) is 0.341. The molecule has 4 nitrogen and oxygen atoms in total. The predicted octanol–water partition coefficient (Wildman–Crippen LogP) is 10.6. The zero-order valence-electron chi connectivity index (χ0n) is 28.3. The van der Waals surface area contributed by atoms with Crippen molar-refractivity contribution < 1.29 is 24.5 Å². The van der Waals surface area contributed by atoms with Gasteiger partial charge in [-0.1, -0.05) is 93.4 Å². The summed E-state index contributed by atoms with van der Waals surface area (Å²) in [6.07, 6.45) is 14.9. The van der Waals surface area contributed by atoms with Gasteiger partial charge in [-0.15, -0.1) is 54.1 Å². The van der Waals surface area contributed by atoms with Crippen LogP contribution in [-0.2, 0) is 26.5 Å². The monoisotopic (exact) mass is 816 g/mol. The molecule has 0 amide bonds. The fourth-order valence-corrected chi connectivity index (χ4v) is 8.52. The van der Waals surface area contributed by atoms with Gasteiger partial charge in [0.25, 0.3) is 0 Å². The first-order valence-corrected chi connectivity index (χ1v) is 20.5. The molecule has 1 aliphatic rings. The first-order valence-electron chi connectivity index (χ1n) is 17.0. The molecule has 4 aromatic heterocycles. The van der Waals surface area contributed by atoms with Crippen LogP contribution in [0.15, 0.2) is 89.7 Å². The molecule has 0 bridgehead atoms. The maximum atomic E-state index is 6.01. The number of rotatable bonds is 8. The summed E-state index contributed by atoms with van der Waals surface area (Å²) >= 11 is 0. The second kappa shape index (κ2) is 15.6. The zero-order chi connectivity index (χ0) is 32.1. The Hall–Kier alpha value is -3.44. The van der Waals surface area contributed by atoms with Gasteiger partial charge in [-0.05, 0) is 65.9 Å². The van der Waals surface area contributed by atoms with E-state index >= 15 is 0 Å². The molecule has 6 aromatic rings. The van der Waals surface area contributed by atoms with Crippen molar-refractivity contribution in [3.63, 3.8) is 0 Å². The van der Waals surface area contributed by atoms with Crippen molar-refractivity contribution >= 4 is 35.3 Å². The third-order valence-electron chi connectivity index (χ3n) is 9.47. The third kappa shape index (κ3) is 8.00. The number of hydrogen-bond donors (Lipinski definition) is 0. The van der Waals surface area contributed by atoms with Gasteiger partial charge in [0.15, 0.2) is 0 Å². The van der Waals surface area contributed by atoms with Crippen LogP contribution in [0.2, 0.25) is 19.6 Å². The zero-order valence-corrected chi connectivity index (χ0v) is 31.7. The average molecular weight is 816 g/mol. The topological polar surface area (TPSA) is 51.8 Å². The Balaban J connectivity index is 0.000000181. The van der Waals surface area contributed by atoms with Gasteiger partial charge in [0, 0.05) is 44.1 Å². The molecule has 0 spiro atoms. The van der Waals surface area contributed by atoms with Crippen LogP contribution in [-0.4, -0.2) is 23.0 Å². The Bertz CT molecular complexity index is 1900. The molecule has 47 heavy (non-hydrogen) atoms. The number of aromatic nitrogens is 3. The molecule has 0 aliphatic heterocycles. The van der Waals surface area contributed by atoms with Crippen LogP contribution in [0.25, 0.3) is 44.6 Å². The predicted molar refractivity (Wildman–Crippen MR) is 194 cm³/mol. The summed E-state index contributed by atoms with van der Waals surface area (Å²) in [7, 11) is -1.35. The maximum absolute atomic E-state index is 6.01. The van der Waals surface area contributed by atoms with Gasteiger partial charge in [0.2, 0.25) is 5.71 Å². The van der Waals surface area contributed by atoms with Gasteiger partial charge in [0.05, 0.1) is 13.7 Å². The summed E-state index contributed by atoms with van der Waals surface area (Å²) in [5.41, 5.74) is 8.33. The van der Waals surface area contributed by atoms with E-state index in [-0.39, 0.29) is 20.1 Å². The van der Waals surface area contributed by atoms with Crippen molar-refractivity contribution in [1.82, 2.24) is 15.0 Å². The minimum Gasteiger partial charge on any atom is -0.486 e. The van der Waals surface area contributed by atoms with Crippen LogP contribution in [0.1, 0.15) is 69.4 Å². The minimum atomic E-state index is -1.35. The van der Waals surface area contributed by atoms with Gasteiger partial charge in [0.1, 0.15) is 0 Å². The van der Waals surface area contributed by atoms with E-state index in [1.54, 1.807) is 16.9 Å². The van der Waals surface area contributed by atoms with Gasteiger partial charge in [-0.2, -0.15) is 0 Å². The fourth-order valence-electron chi connectivity index (χ4n) is 6.93. The summed E-state index contributed by atoms with van der Waals surface area (Å²) in [5.74, 6) is 1.44. The largest absolute Gasteiger partial charge is 0.486 e. The number of hydrogen-bond acceptors (Lipinski definition) is 4. The second-order valence-electron chi connectivity index (χ2n) is 13.6. The molecule has 245 valence electrons. The van der Waals surface area contributed by atoms with Gasteiger partial charge in [-0.3, -0.25) is 0 Å². The molecular formula is C41H45IrN3OSi-2. The molecule has 4 heterocycles. The smallest absolute Gasteiger partial charge is 0.216 e. The Kier molecular flexibility index (Phi) is 11.6. The summed E-state index contributed by atoms with van der Waals surface area (Å²) < 4.78 is 6.01. The summed E-state index contributed by atoms with van der Waals surface area (Å²) in [5, 5.41) is 3.62. The van der Waals surface area contributed by atoms with E-state index in [1.165, 1.54) is 37.7 Å². The normalized spacial score (nSPS) is 13.5. The molecule has 1 saturated carbocycles. The van der Waals surface area contributed by atoms with Crippen molar-refractivity contribution in [2.75, 3.05) is 0 Å². The molecule has 0 unspecified atom stereocenters. The van der Waals surface area contributed by atoms with E-state index in [0.29, 0.717) is 11.6 Å². The van der Waals surface area contributed by atoms with Crippen LogP contribution in [0, 0.1) is 18.1 Å². The number of furan rings is 1. The van der Waals surface area contributed by atoms with Crippen molar-refractivity contribution in [2.24, 2.45) is 5.92 Å². The average Bonchev–Trinajstić information content (AvgIpc) is 3.73. The van der Waals surface area contributed by atoms with E-state index in [9.17, 15) is 0 Å². The summed E-state index contributed by atoms with van der Waals surface area (Å²) in [6.45, 7) is 11.7. The number of nitrogens with zero attached hydrogens (tertiary/aromatic N) is 3. The van der Waals surface area contributed by atoms with Gasteiger partial charge < -0.3 is 14.4 Å². The Morgan fingerprint density at radius 1 is 0.830 bits per heavy atom. The molecule has 6 heteroatoms. The van der Waals surface area contributed by atoms with Crippen molar-refractivity contribution in [2.45, 2.75) is 84.4 Å². The molecule has 0 atom stereocenters. The molecular weight excluding hydrogens is 771 g/mol. The van der Waals surface area contributed by atoms with Gasteiger partial charge >= 0.3 is 0 Å². The van der Waals surface area contributed by atoms with Crippen LogP contribution in [0.3, 0.4) is 0 Å². The quantitative estimate of drug-likeness (QED) is 0.113. The number of benzene rings is 2. The van der Waals surface area contributed by atoms with E-state index < -0.39 is 8.07 Å². The van der Waals surface area contributed by atoms with E-state index in [0.717, 1.165) is 57.6 Å². The molecule has 0 N–H and O–H groups in total. The molecule has 0 saturated heterocycles. The molecule has 7 rings (SSSR count). The summed E-state index contributed by atoms with van der Waals surface area (Å²) in [4.78, 5) is 13.6. The molecule has 2 aromatic carbocycles. The van der Waals surface area contributed by atoms with Crippen LogP contribution in [0.5, 0.6) is 0 Å². The molecule has 1 fully saturated rings. The van der Waals surface area contributed by atoms with Crippen molar-refractivity contribution in [3.8, 4) is 22.5 Å². The second-order valence-corrected chi connectivity index (χ2v) is 18.7. The Labute approximate surface area is 294 Å². The van der Waals surface area contributed by atoms with E-state index in [2.05, 4.69) is 92.1 Å². The third-order valence-corrected chi connectivity index (χ3v) is 11.5. The Morgan fingerprint density at radius 3 is 2.36 bits per heavy atom. The van der Waals surface area contributed by atoms with Crippen LogP contribution < -0.4 is 5.19 Å². The first-order chi connectivity index (χ1) is 22.4. The first kappa shape index (κ1) is 34.9.